The maximum absolute atomic E-state index is 14.3. The van der Waals surface area contributed by atoms with Gasteiger partial charge in [0.25, 0.3) is 0 Å². The molecule has 10 atom stereocenters. The monoisotopic (exact) mass is 1040 g/mol. The van der Waals surface area contributed by atoms with Crippen molar-refractivity contribution in [1.29, 1.82) is 0 Å². The first-order chi connectivity index (χ1) is 37.8. The van der Waals surface area contributed by atoms with Crippen LogP contribution in [0, 0.1) is 0 Å². The van der Waals surface area contributed by atoms with Crippen molar-refractivity contribution in [3.05, 3.63) is 251 Å². The highest BCUT2D eigenvalue weighted by molar-refractivity contribution is 5.91. The SMILES string of the molecule is CO[C@H]1O[C@H](COC2O[C@H](COC(=O)c3ccccc3)[C@@H](OC(=O)c3ccccc3)[C@H](OC(=O)c3ccccc3)[C@H]2OC(=O)c2ccccc2)[C@@H](OCc2ccccc2)[C@H](OCc2ccccc2)[C@H]1OCc1ccccc1. The maximum Gasteiger partial charge on any atom is 0.338 e. The van der Waals surface area contributed by atoms with Crippen molar-refractivity contribution in [2.24, 2.45) is 0 Å². The normalized spacial score (nSPS) is 23.0. The average molecular weight is 1040 g/mol. The van der Waals surface area contributed by atoms with Gasteiger partial charge in [0.1, 0.15) is 37.1 Å². The summed E-state index contributed by atoms with van der Waals surface area (Å²) in [5.74, 6) is -3.26. The lowest BCUT2D eigenvalue weighted by molar-refractivity contribution is -0.340. The molecule has 0 radical (unpaired) electrons. The number of rotatable bonds is 22. The van der Waals surface area contributed by atoms with E-state index in [1.165, 1.54) is 7.11 Å². The molecular weight excluding hydrogens is 985 g/mol. The molecule has 0 amide bonds. The molecule has 9 rings (SSSR count). The van der Waals surface area contributed by atoms with Gasteiger partial charge in [-0.25, -0.2) is 19.2 Å². The summed E-state index contributed by atoms with van der Waals surface area (Å²) in [5, 5.41) is 0. The Kier molecular flexibility index (Phi) is 19.1. The number of ether oxygens (including phenoxy) is 11. The standard InChI is InChI=1S/C62H58O15/c1-67-61-55(70-39-44-27-13-4-14-28-44)53(69-38-43-25-11-3-12-26-43)51(68-37-42-23-9-2-10-24-42)49(73-61)41-72-62-56(77-60(66)48-35-21-8-22-36-48)54(76-59(65)47-33-19-7-20-34-47)52(75-58(64)46-31-17-6-18-32-46)50(74-62)40-71-57(63)45-29-15-5-16-30-45/h2-36,49-56,61-62H,37-41H2,1H3/t49-,50-,51-,52-,53+,54+,55-,56-,61+,62?/m1/s1. The molecule has 2 aliphatic rings. The fourth-order valence-electron chi connectivity index (χ4n) is 8.92. The Balaban J connectivity index is 1.10. The van der Waals surface area contributed by atoms with Crippen LogP contribution in [-0.2, 0) is 71.9 Å². The van der Waals surface area contributed by atoms with E-state index in [0.717, 1.165) is 16.7 Å². The van der Waals surface area contributed by atoms with Gasteiger partial charge in [0.2, 0.25) is 0 Å². The first-order valence-corrected chi connectivity index (χ1v) is 25.2. The van der Waals surface area contributed by atoms with Crippen LogP contribution >= 0.6 is 0 Å². The lowest BCUT2D eigenvalue weighted by atomic mass is 9.96. The second-order valence-electron chi connectivity index (χ2n) is 18.1. The lowest BCUT2D eigenvalue weighted by Gasteiger charge is -2.47. The predicted molar refractivity (Wildman–Crippen MR) is 279 cm³/mol. The second-order valence-corrected chi connectivity index (χ2v) is 18.1. The summed E-state index contributed by atoms with van der Waals surface area (Å²) in [6, 6.07) is 61.6. The molecule has 15 heteroatoms. The van der Waals surface area contributed by atoms with E-state index in [0.29, 0.717) is 0 Å². The van der Waals surface area contributed by atoms with E-state index in [1.54, 1.807) is 121 Å². The fourth-order valence-corrected chi connectivity index (χ4v) is 8.92. The van der Waals surface area contributed by atoms with Crippen molar-refractivity contribution in [2.75, 3.05) is 20.3 Å². The molecule has 0 aliphatic carbocycles. The molecule has 0 spiro atoms. The fraction of sp³-hybridized carbons (Fsp3) is 0.258. The number of hydrogen-bond donors (Lipinski definition) is 0. The lowest BCUT2D eigenvalue weighted by Crippen LogP contribution is -2.64. The van der Waals surface area contributed by atoms with Crippen LogP contribution < -0.4 is 0 Å². The van der Waals surface area contributed by atoms with Crippen LogP contribution in [0.5, 0.6) is 0 Å². The van der Waals surface area contributed by atoms with Gasteiger partial charge in [0.05, 0.1) is 48.7 Å². The Morgan fingerprint density at radius 2 is 0.675 bits per heavy atom. The molecule has 7 aromatic rings. The second kappa shape index (κ2) is 27.3. The Labute approximate surface area is 446 Å². The van der Waals surface area contributed by atoms with Crippen molar-refractivity contribution >= 4 is 23.9 Å². The predicted octanol–water partition coefficient (Wildman–Crippen LogP) is 9.39. The van der Waals surface area contributed by atoms with Crippen molar-refractivity contribution < 1.29 is 71.3 Å². The van der Waals surface area contributed by atoms with E-state index >= 15 is 0 Å². The number of methoxy groups -OCH3 is 1. The van der Waals surface area contributed by atoms with Gasteiger partial charge in [-0.1, -0.05) is 164 Å². The Morgan fingerprint density at radius 1 is 0.338 bits per heavy atom. The van der Waals surface area contributed by atoms with Crippen LogP contribution in [0.2, 0.25) is 0 Å². The number of esters is 4. The van der Waals surface area contributed by atoms with Gasteiger partial charge in [-0.15, -0.1) is 0 Å². The van der Waals surface area contributed by atoms with Crippen LogP contribution in [0.1, 0.15) is 58.1 Å². The highest BCUT2D eigenvalue weighted by atomic mass is 16.8. The van der Waals surface area contributed by atoms with Crippen LogP contribution in [0.25, 0.3) is 0 Å². The molecule has 0 saturated carbocycles. The first kappa shape index (κ1) is 53.9. The molecule has 2 heterocycles. The average Bonchev–Trinajstić information content (AvgIpc) is 3.50. The van der Waals surface area contributed by atoms with E-state index < -0.39 is 91.9 Å². The third-order valence-electron chi connectivity index (χ3n) is 12.8. The van der Waals surface area contributed by atoms with Crippen molar-refractivity contribution in [2.45, 2.75) is 81.2 Å². The largest absolute Gasteiger partial charge is 0.459 e. The minimum atomic E-state index is -1.66. The molecule has 2 aliphatic heterocycles. The van der Waals surface area contributed by atoms with Gasteiger partial charge >= 0.3 is 23.9 Å². The zero-order valence-electron chi connectivity index (χ0n) is 42.1. The summed E-state index contributed by atoms with van der Waals surface area (Å²) in [6.07, 6.45) is -12.7. The molecular formula is C62H58O15. The summed E-state index contributed by atoms with van der Waals surface area (Å²) in [7, 11) is 1.49. The molecule has 0 aromatic heterocycles. The summed E-state index contributed by atoms with van der Waals surface area (Å²) < 4.78 is 71.3. The van der Waals surface area contributed by atoms with Gasteiger partial charge in [0.15, 0.2) is 30.9 Å². The van der Waals surface area contributed by atoms with Crippen LogP contribution in [0.15, 0.2) is 212 Å². The quantitative estimate of drug-likeness (QED) is 0.0464. The Hall–Kier alpha value is -7.86. The van der Waals surface area contributed by atoms with Crippen molar-refractivity contribution in [3.8, 4) is 0 Å². The third-order valence-corrected chi connectivity index (χ3v) is 12.8. The van der Waals surface area contributed by atoms with E-state index in [4.69, 9.17) is 52.1 Å². The van der Waals surface area contributed by atoms with E-state index in [1.807, 2.05) is 91.0 Å². The summed E-state index contributed by atoms with van der Waals surface area (Å²) >= 11 is 0. The van der Waals surface area contributed by atoms with Gasteiger partial charge in [0, 0.05) is 7.11 Å². The molecule has 7 aromatic carbocycles. The molecule has 2 fully saturated rings. The van der Waals surface area contributed by atoms with Crippen molar-refractivity contribution in [3.63, 3.8) is 0 Å². The zero-order valence-corrected chi connectivity index (χ0v) is 42.1. The van der Waals surface area contributed by atoms with E-state index in [9.17, 15) is 19.2 Å². The summed E-state index contributed by atoms with van der Waals surface area (Å²) in [4.78, 5) is 56.4. The minimum absolute atomic E-state index is 0.123. The van der Waals surface area contributed by atoms with E-state index in [2.05, 4.69) is 0 Å². The van der Waals surface area contributed by atoms with Crippen molar-refractivity contribution in [1.82, 2.24) is 0 Å². The first-order valence-electron chi connectivity index (χ1n) is 25.2. The number of hydrogen-bond acceptors (Lipinski definition) is 15. The highest BCUT2D eigenvalue weighted by Gasteiger charge is 2.55. The summed E-state index contributed by atoms with van der Waals surface area (Å²) in [5.41, 5.74) is 3.31. The third kappa shape index (κ3) is 14.5. The molecule has 1 unspecified atom stereocenters. The molecule has 0 bridgehead atoms. The molecule has 15 nitrogen and oxygen atoms in total. The minimum Gasteiger partial charge on any atom is -0.459 e. The topological polar surface area (TPSA) is 170 Å². The smallest absolute Gasteiger partial charge is 0.338 e. The Morgan fingerprint density at radius 3 is 1.10 bits per heavy atom. The van der Waals surface area contributed by atoms with Crippen LogP contribution in [0.3, 0.4) is 0 Å². The van der Waals surface area contributed by atoms with Gasteiger partial charge in [-0.2, -0.15) is 0 Å². The summed E-state index contributed by atoms with van der Waals surface area (Å²) in [6.45, 7) is -0.437. The zero-order chi connectivity index (χ0) is 53.2. The number of carbonyl (C=O) groups is 4. The van der Waals surface area contributed by atoms with Crippen LogP contribution in [0.4, 0.5) is 0 Å². The number of benzene rings is 7. The molecule has 396 valence electrons. The Bertz CT molecular complexity index is 2920. The highest BCUT2D eigenvalue weighted by Crippen LogP contribution is 2.35. The molecule has 77 heavy (non-hydrogen) atoms. The maximum atomic E-state index is 14.3. The molecule has 2 saturated heterocycles. The van der Waals surface area contributed by atoms with Crippen LogP contribution in [-0.4, -0.2) is 106 Å². The van der Waals surface area contributed by atoms with Gasteiger partial charge < -0.3 is 52.1 Å². The van der Waals surface area contributed by atoms with E-state index in [-0.39, 0.29) is 48.7 Å². The van der Waals surface area contributed by atoms with Gasteiger partial charge in [-0.3, -0.25) is 0 Å². The molecule has 0 N–H and O–H groups in total. The van der Waals surface area contributed by atoms with Gasteiger partial charge in [-0.05, 0) is 65.2 Å². The number of carbonyl (C=O) groups excluding carboxylic acids is 4.